The van der Waals surface area contributed by atoms with E-state index in [1.54, 1.807) is 67.8 Å². The topological polar surface area (TPSA) is 93.7 Å². The summed E-state index contributed by atoms with van der Waals surface area (Å²) in [4.78, 5) is 40.2. The molecule has 0 aliphatic heterocycles. The Morgan fingerprint density at radius 1 is 0.727 bits per heavy atom. The molecule has 0 unspecified atom stereocenters. The Hall–Kier alpha value is -5.34. The molecule has 0 saturated heterocycles. The van der Waals surface area contributed by atoms with Crippen molar-refractivity contribution in [1.29, 1.82) is 0 Å². The largest absolute Gasteiger partial charge is 0.493 e. The molecule has 5 aromatic rings. The zero-order valence-corrected chi connectivity index (χ0v) is 25.0. The molecule has 0 heterocycles. The number of hydrogen-bond acceptors (Lipinski definition) is 6. The van der Waals surface area contributed by atoms with E-state index in [2.05, 4.69) is 10.6 Å². The average Bonchev–Trinajstić information content (AvgIpc) is 3.07. The van der Waals surface area contributed by atoms with E-state index in [9.17, 15) is 14.4 Å². The molecule has 0 fully saturated rings. The number of carbonyl (C=O) groups is 3. The van der Waals surface area contributed by atoms with Crippen molar-refractivity contribution in [1.82, 2.24) is 5.32 Å². The third kappa shape index (κ3) is 7.35. The highest BCUT2D eigenvalue weighted by molar-refractivity contribution is 8.00. The number of hydrogen-bond donors (Lipinski definition) is 2. The quantitative estimate of drug-likeness (QED) is 0.0941. The Bertz CT molecular complexity index is 1830. The maximum absolute atomic E-state index is 13.5. The van der Waals surface area contributed by atoms with Gasteiger partial charge in [-0.05, 0) is 77.0 Å². The van der Waals surface area contributed by atoms with Crippen LogP contribution in [0.3, 0.4) is 0 Å². The Balaban J connectivity index is 1.30. The molecule has 220 valence electrons. The van der Waals surface area contributed by atoms with Crippen LogP contribution in [0.1, 0.15) is 26.3 Å². The van der Waals surface area contributed by atoms with Crippen molar-refractivity contribution in [2.24, 2.45) is 0 Å². The molecule has 44 heavy (non-hydrogen) atoms. The Morgan fingerprint density at radius 3 is 2.18 bits per heavy atom. The molecule has 0 spiro atoms. The summed E-state index contributed by atoms with van der Waals surface area (Å²) in [5.41, 5.74) is 2.42. The van der Waals surface area contributed by atoms with E-state index in [1.807, 2.05) is 60.7 Å². The van der Waals surface area contributed by atoms with Crippen molar-refractivity contribution in [3.05, 3.63) is 138 Å². The van der Waals surface area contributed by atoms with Gasteiger partial charge in [0.2, 0.25) is 0 Å². The standard InChI is InChI=1S/C36H30N2O5S/c1-42-33-20-15-27(22-34(33)43-2)32(39)23-44-29-18-16-28(17-19-29)37-36(41)31(38-35(40)25-10-4-3-5-11-25)21-26-13-8-12-24-9-6-7-14-30(24)26/h3-22H,23H2,1-2H3,(H,37,41)(H,38,40)/b31-21-. The Kier molecular flexibility index (Phi) is 9.74. The molecule has 0 atom stereocenters. The zero-order valence-electron chi connectivity index (χ0n) is 24.2. The van der Waals surface area contributed by atoms with Gasteiger partial charge in [0.05, 0.1) is 20.0 Å². The number of benzene rings is 5. The highest BCUT2D eigenvalue weighted by Crippen LogP contribution is 2.29. The highest BCUT2D eigenvalue weighted by Gasteiger charge is 2.16. The maximum Gasteiger partial charge on any atom is 0.272 e. The number of anilines is 1. The SMILES string of the molecule is COc1ccc(C(=O)CSc2ccc(NC(=O)/C(=C/c3cccc4ccccc34)NC(=O)c3ccccc3)cc2)cc1OC. The van der Waals surface area contributed by atoms with E-state index in [-0.39, 0.29) is 17.2 Å². The lowest BCUT2D eigenvalue weighted by molar-refractivity contribution is -0.113. The molecule has 2 amide bonds. The fourth-order valence-corrected chi connectivity index (χ4v) is 5.34. The minimum atomic E-state index is -0.466. The number of fused-ring (bicyclic) bond motifs is 1. The predicted octanol–water partition coefficient (Wildman–Crippen LogP) is 7.24. The molecular weight excluding hydrogens is 572 g/mol. The maximum atomic E-state index is 13.5. The first-order valence-corrected chi connectivity index (χ1v) is 14.8. The van der Waals surface area contributed by atoms with Gasteiger partial charge >= 0.3 is 0 Å². The first-order valence-electron chi connectivity index (χ1n) is 13.8. The van der Waals surface area contributed by atoms with E-state index in [1.165, 1.54) is 18.9 Å². The average molecular weight is 603 g/mol. The lowest BCUT2D eigenvalue weighted by Gasteiger charge is -2.13. The molecule has 0 aliphatic rings. The van der Waals surface area contributed by atoms with E-state index < -0.39 is 11.8 Å². The third-order valence-electron chi connectivity index (χ3n) is 6.84. The van der Waals surface area contributed by atoms with Crippen LogP contribution in [0.4, 0.5) is 5.69 Å². The minimum absolute atomic E-state index is 0.0503. The van der Waals surface area contributed by atoms with Gasteiger partial charge in [0.1, 0.15) is 5.70 Å². The van der Waals surface area contributed by atoms with Gasteiger partial charge in [-0.1, -0.05) is 60.7 Å². The molecule has 0 bridgehead atoms. The van der Waals surface area contributed by atoms with Gasteiger partial charge in [0, 0.05) is 21.7 Å². The second kappa shape index (κ2) is 14.2. The number of amides is 2. The number of ether oxygens (including phenoxy) is 2. The number of carbonyl (C=O) groups excluding carboxylic acids is 3. The lowest BCUT2D eigenvalue weighted by Crippen LogP contribution is -2.30. The van der Waals surface area contributed by atoms with Gasteiger partial charge in [0.15, 0.2) is 17.3 Å². The van der Waals surface area contributed by atoms with Crippen LogP contribution in [-0.2, 0) is 4.79 Å². The molecule has 2 N–H and O–H groups in total. The number of ketones is 1. The van der Waals surface area contributed by atoms with E-state index in [4.69, 9.17) is 9.47 Å². The monoisotopic (exact) mass is 602 g/mol. The van der Waals surface area contributed by atoms with Gasteiger partial charge in [0.25, 0.3) is 11.8 Å². The number of thioether (sulfide) groups is 1. The highest BCUT2D eigenvalue weighted by atomic mass is 32.2. The molecule has 5 aromatic carbocycles. The van der Waals surface area contributed by atoms with Crippen molar-refractivity contribution in [3.8, 4) is 11.5 Å². The van der Waals surface area contributed by atoms with Crippen LogP contribution in [0.2, 0.25) is 0 Å². The summed E-state index contributed by atoms with van der Waals surface area (Å²) in [6, 6.07) is 34.7. The second-order valence-electron chi connectivity index (χ2n) is 9.71. The number of nitrogens with one attached hydrogen (secondary N) is 2. The van der Waals surface area contributed by atoms with Crippen LogP contribution >= 0.6 is 11.8 Å². The van der Waals surface area contributed by atoms with Crippen LogP contribution in [0.5, 0.6) is 11.5 Å². The zero-order chi connectivity index (χ0) is 30.9. The Labute approximate surface area is 259 Å². The van der Waals surface area contributed by atoms with Crippen molar-refractivity contribution >= 4 is 51.9 Å². The van der Waals surface area contributed by atoms with Crippen LogP contribution < -0.4 is 20.1 Å². The van der Waals surface area contributed by atoms with Crippen LogP contribution in [-0.4, -0.2) is 37.6 Å². The molecular formula is C36H30N2O5S. The third-order valence-corrected chi connectivity index (χ3v) is 7.85. The molecule has 5 rings (SSSR count). The normalized spacial score (nSPS) is 11.1. The summed E-state index contributed by atoms with van der Waals surface area (Å²) in [7, 11) is 3.07. The molecule has 0 aromatic heterocycles. The van der Waals surface area contributed by atoms with E-state index >= 15 is 0 Å². The summed E-state index contributed by atoms with van der Waals surface area (Å²) in [6.07, 6.45) is 1.68. The first kappa shape index (κ1) is 30.1. The van der Waals surface area contributed by atoms with Gasteiger partial charge in [-0.25, -0.2) is 0 Å². The predicted molar refractivity (Wildman–Crippen MR) is 176 cm³/mol. The molecule has 7 nitrogen and oxygen atoms in total. The molecule has 0 radical (unpaired) electrons. The summed E-state index contributed by atoms with van der Waals surface area (Å²) in [5.74, 6) is 0.376. The van der Waals surface area contributed by atoms with Crippen LogP contribution in [0.25, 0.3) is 16.8 Å². The molecule has 8 heteroatoms. The lowest BCUT2D eigenvalue weighted by atomic mass is 10.0. The van der Waals surface area contributed by atoms with E-state index in [0.29, 0.717) is 28.3 Å². The number of rotatable bonds is 11. The van der Waals surface area contributed by atoms with Crippen LogP contribution in [0, 0.1) is 0 Å². The van der Waals surface area contributed by atoms with Crippen molar-refractivity contribution in [2.75, 3.05) is 25.3 Å². The smallest absolute Gasteiger partial charge is 0.272 e. The van der Waals surface area contributed by atoms with Gasteiger partial charge in [-0.15, -0.1) is 11.8 Å². The number of methoxy groups -OCH3 is 2. The second-order valence-corrected chi connectivity index (χ2v) is 10.8. The molecule has 0 aliphatic carbocycles. The van der Waals surface area contributed by atoms with Gasteiger partial charge in [-0.3, -0.25) is 14.4 Å². The van der Waals surface area contributed by atoms with Gasteiger partial charge in [-0.2, -0.15) is 0 Å². The summed E-state index contributed by atoms with van der Waals surface area (Å²) in [5, 5.41) is 7.66. The van der Waals surface area contributed by atoms with E-state index in [0.717, 1.165) is 21.2 Å². The fourth-order valence-electron chi connectivity index (χ4n) is 4.55. The van der Waals surface area contributed by atoms with Crippen LogP contribution in [0.15, 0.2) is 126 Å². The van der Waals surface area contributed by atoms with Crippen molar-refractivity contribution in [2.45, 2.75) is 4.90 Å². The Morgan fingerprint density at radius 2 is 1.43 bits per heavy atom. The number of Topliss-reactive ketones (excluding diaryl/α,β-unsaturated/α-hetero) is 1. The van der Waals surface area contributed by atoms with Crippen molar-refractivity contribution in [3.63, 3.8) is 0 Å². The van der Waals surface area contributed by atoms with Gasteiger partial charge < -0.3 is 20.1 Å². The fraction of sp³-hybridized carbons (Fsp3) is 0.0833. The van der Waals surface area contributed by atoms with Crippen molar-refractivity contribution < 1.29 is 23.9 Å². The summed E-state index contributed by atoms with van der Waals surface area (Å²) in [6.45, 7) is 0. The summed E-state index contributed by atoms with van der Waals surface area (Å²) >= 11 is 1.39. The molecule has 0 saturated carbocycles. The minimum Gasteiger partial charge on any atom is -0.493 e. The first-order chi connectivity index (χ1) is 21.4. The summed E-state index contributed by atoms with van der Waals surface area (Å²) < 4.78 is 10.5.